The molecule has 0 aromatic rings. The van der Waals surface area contributed by atoms with E-state index in [1.54, 1.807) is 0 Å². The third-order valence-electron chi connectivity index (χ3n) is 5.40. The van der Waals surface area contributed by atoms with Crippen LogP contribution in [0.4, 0.5) is 0 Å². The van der Waals surface area contributed by atoms with Crippen LogP contribution in [0.5, 0.6) is 0 Å². The van der Waals surface area contributed by atoms with Crippen LogP contribution in [0.15, 0.2) is 11.6 Å². The van der Waals surface area contributed by atoms with Gasteiger partial charge in [-0.05, 0) is 43.1 Å². The fourth-order valence-corrected chi connectivity index (χ4v) is 4.19. The monoisotopic (exact) mass is 252 g/mol. The minimum atomic E-state index is -0.567. The SMILES string of the molecule is CC(C)C1=C[C@H](O)[C@@]2(C)OO[C@@H]1[C@@H]1[C@H](C)CC[C@@H]12. The van der Waals surface area contributed by atoms with Gasteiger partial charge in [-0.15, -0.1) is 0 Å². The molecule has 0 aromatic heterocycles. The van der Waals surface area contributed by atoms with Crippen molar-refractivity contribution in [3.63, 3.8) is 0 Å². The Hall–Kier alpha value is -0.380. The molecule has 102 valence electrons. The molecule has 18 heavy (non-hydrogen) atoms. The second-order valence-corrected chi connectivity index (χ2v) is 6.79. The van der Waals surface area contributed by atoms with Crippen LogP contribution in [-0.2, 0) is 9.78 Å². The number of aliphatic hydroxyl groups is 1. The van der Waals surface area contributed by atoms with E-state index in [0.29, 0.717) is 23.7 Å². The van der Waals surface area contributed by atoms with E-state index >= 15 is 0 Å². The van der Waals surface area contributed by atoms with Gasteiger partial charge in [0, 0.05) is 5.92 Å². The summed E-state index contributed by atoms with van der Waals surface area (Å²) in [4.78, 5) is 11.3. The highest BCUT2D eigenvalue weighted by Gasteiger charge is 2.59. The van der Waals surface area contributed by atoms with Gasteiger partial charge in [-0.25, -0.2) is 9.78 Å². The third-order valence-corrected chi connectivity index (χ3v) is 5.40. The summed E-state index contributed by atoms with van der Waals surface area (Å²) >= 11 is 0. The highest BCUT2D eigenvalue weighted by Crippen LogP contribution is 2.55. The van der Waals surface area contributed by atoms with Gasteiger partial charge in [0.25, 0.3) is 0 Å². The Balaban J connectivity index is 2.07. The average Bonchev–Trinajstić information content (AvgIpc) is 2.61. The lowest BCUT2D eigenvalue weighted by molar-refractivity contribution is -0.432. The zero-order chi connectivity index (χ0) is 13.1. The van der Waals surface area contributed by atoms with E-state index in [1.807, 2.05) is 13.0 Å². The van der Waals surface area contributed by atoms with E-state index in [4.69, 9.17) is 9.78 Å². The predicted octanol–water partition coefficient (Wildman–Crippen LogP) is 2.69. The molecule has 0 radical (unpaired) electrons. The topological polar surface area (TPSA) is 38.7 Å². The maximum atomic E-state index is 10.5. The molecule has 1 N–H and O–H groups in total. The lowest BCUT2D eigenvalue weighted by Gasteiger charge is -2.45. The molecule has 2 bridgehead atoms. The van der Waals surface area contributed by atoms with Crippen LogP contribution in [0.3, 0.4) is 0 Å². The van der Waals surface area contributed by atoms with Crippen LogP contribution >= 0.6 is 0 Å². The number of fused-ring (bicyclic) bond motifs is 2. The smallest absolute Gasteiger partial charge is 0.133 e. The molecule has 1 saturated carbocycles. The molecule has 2 fully saturated rings. The molecule has 0 aromatic carbocycles. The normalized spacial score (nSPS) is 51.2. The second kappa shape index (κ2) is 4.06. The van der Waals surface area contributed by atoms with E-state index in [1.165, 1.54) is 12.0 Å². The molecule has 4 aliphatic rings. The summed E-state index contributed by atoms with van der Waals surface area (Å²) in [7, 11) is 0. The summed E-state index contributed by atoms with van der Waals surface area (Å²) in [5.74, 6) is 1.95. The van der Waals surface area contributed by atoms with E-state index in [-0.39, 0.29) is 6.10 Å². The molecule has 4 rings (SSSR count). The van der Waals surface area contributed by atoms with Crippen LogP contribution in [0.25, 0.3) is 0 Å². The fourth-order valence-electron chi connectivity index (χ4n) is 4.19. The van der Waals surface area contributed by atoms with Gasteiger partial charge in [0.15, 0.2) is 0 Å². The average molecular weight is 252 g/mol. The predicted molar refractivity (Wildman–Crippen MR) is 68.7 cm³/mol. The maximum Gasteiger partial charge on any atom is 0.133 e. The lowest BCUT2D eigenvalue weighted by atomic mass is 9.74. The van der Waals surface area contributed by atoms with Crippen LogP contribution in [-0.4, -0.2) is 22.9 Å². The van der Waals surface area contributed by atoms with Crippen molar-refractivity contribution in [1.82, 2.24) is 0 Å². The minimum absolute atomic E-state index is 0.0396. The first kappa shape index (κ1) is 12.6. The van der Waals surface area contributed by atoms with Crippen LogP contribution in [0, 0.1) is 23.7 Å². The highest BCUT2D eigenvalue weighted by atomic mass is 17.2. The third kappa shape index (κ3) is 1.54. The van der Waals surface area contributed by atoms with Crippen LogP contribution in [0.2, 0.25) is 0 Å². The Kier molecular flexibility index (Phi) is 2.85. The van der Waals surface area contributed by atoms with Crippen molar-refractivity contribution in [2.75, 3.05) is 0 Å². The Morgan fingerprint density at radius 2 is 2.11 bits per heavy atom. The lowest BCUT2D eigenvalue weighted by Crippen LogP contribution is -2.54. The molecule has 0 spiro atoms. The Bertz CT molecular complexity index is 376. The summed E-state index contributed by atoms with van der Waals surface area (Å²) in [5.41, 5.74) is 0.648. The van der Waals surface area contributed by atoms with Crippen LogP contribution < -0.4 is 0 Å². The van der Waals surface area contributed by atoms with E-state index < -0.39 is 11.7 Å². The van der Waals surface area contributed by atoms with Gasteiger partial charge >= 0.3 is 0 Å². The van der Waals surface area contributed by atoms with Crippen molar-refractivity contribution in [2.24, 2.45) is 23.7 Å². The fraction of sp³-hybridized carbons (Fsp3) is 0.867. The van der Waals surface area contributed by atoms with E-state index in [2.05, 4.69) is 20.8 Å². The molecule has 0 amide bonds. The highest BCUT2D eigenvalue weighted by molar-refractivity contribution is 5.24. The molecule has 2 aliphatic carbocycles. The number of hydrogen-bond acceptors (Lipinski definition) is 3. The molecule has 2 aliphatic heterocycles. The Morgan fingerprint density at radius 3 is 2.78 bits per heavy atom. The molecular formula is C15H24O3. The molecule has 3 heteroatoms. The van der Waals surface area contributed by atoms with Gasteiger partial charge in [0.05, 0.1) is 0 Å². The molecule has 1 saturated heterocycles. The van der Waals surface area contributed by atoms with Crippen molar-refractivity contribution in [3.05, 3.63) is 11.6 Å². The summed E-state index contributed by atoms with van der Waals surface area (Å²) in [5, 5.41) is 10.5. The van der Waals surface area contributed by atoms with E-state index in [0.717, 1.165) is 6.42 Å². The first-order valence-electron chi connectivity index (χ1n) is 7.19. The molecular weight excluding hydrogens is 228 g/mol. The number of hydrogen-bond donors (Lipinski definition) is 1. The molecule has 0 unspecified atom stereocenters. The zero-order valence-corrected chi connectivity index (χ0v) is 11.7. The Labute approximate surface area is 109 Å². The molecule has 6 atom stereocenters. The summed E-state index contributed by atoms with van der Waals surface area (Å²) in [6.45, 7) is 8.64. The van der Waals surface area contributed by atoms with Gasteiger partial charge in [-0.3, -0.25) is 0 Å². The van der Waals surface area contributed by atoms with E-state index in [9.17, 15) is 5.11 Å². The van der Waals surface area contributed by atoms with Crippen molar-refractivity contribution >= 4 is 0 Å². The Morgan fingerprint density at radius 1 is 1.39 bits per heavy atom. The minimum Gasteiger partial charge on any atom is -0.386 e. The van der Waals surface area contributed by atoms with Gasteiger partial charge in [-0.1, -0.05) is 26.8 Å². The summed E-state index contributed by atoms with van der Waals surface area (Å²) in [6.07, 6.45) is 3.83. The summed E-state index contributed by atoms with van der Waals surface area (Å²) < 4.78 is 0. The van der Waals surface area contributed by atoms with Gasteiger partial charge < -0.3 is 5.11 Å². The maximum absolute atomic E-state index is 10.5. The molecule has 3 nitrogen and oxygen atoms in total. The second-order valence-electron chi connectivity index (χ2n) is 6.79. The number of rotatable bonds is 1. The standard InChI is InChI=1S/C15H24O3/c1-8(2)10-7-12(16)15(4)11-6-5-9(3)13(11)14(10)17-18-15/h7-9,11-14,16H,5-6H2,1-4H3/t9-,11+,12+,13-,14+,15+/m1/s1. The van der Waals surface area contributed by atoms with Crippen molar-refractivity contribution in [3.8, 4) is 0 Å². The van der Waals surface area contributed by atoms with Gasteiger partial charge in [0.2, 0.25) is 0 Å². The quantitative estimate of drug-likeness (QED) is 0.576. The van der Waals surface area contributed by atoms with Crippen molar-refractivity contribution < 1.29 is 14.9 Å². The van der Waals surface area contributed by atoms with Crippen LogP contribution in [0.1, 0.15) is 40.5 Å². The summed E-state index contributed by atoms with van der Waals surface area (Å²) in [6, 6.07) is 0. The van der Waals surface area contributed by atoms with Gasteiger partial charge in [-0.2, -0.15) is 0 Å². The first-order chi connectivity index (χ1) is 8.45. The number of aliphatic hydroxyl groups excluding tert-OH is 1. The zero-order valence-electron chi connectivity index (χ0n) is 11.7. The first-order valence-corrected chi connectivity index (χ1v) is 7.19. The molecule has 2 heterocycles. The van der Waals surface area contributed by atoms with Gasteiger partial charge in [0.1, 0.15) is 17.8 Å². The largest absolute Gasteiger partial charge is 0.386 e. The van der Waals surface area contributed by atoms with Crippen molar-refractivity contribution in [1.29, 1.82) is 0 Å². The van der Waals surface area contributed by atoms with Crippen molar-refractivity contribution in [2.45, 2.75) is 58.3 Å².